The van der Waals surface area contributed by atoms with Gasteiger partial charge < -0.3 is 14.8 Å². The zero-order valence-corrected chi connectivity index (χ0v) is 17.0. The van der Waals surface area contributed by atoms with Crippen molar-refractivity contribution in [1.82, 2.24) is 4.98 Å². The lowest BCUT2D eigenvalue weighted by atomic mass is 10.0. The second-order valence-corrected chi connectivity index (χ2v) is 6.60. The van der Waals surface area contributed by atoms with Crippen molar-refractivity contribution in [1.29, 1.82) is 5.26 Å². The van der Waals surface area contributed by atoms with Crippen LogP contribution < -0.4 is 5.32 Å². The van der Waals surface area contributed by atoms with E-state index < -0.39 is 17.8 Å². The molecule has 0 aliphatic heterocycles. The van der Waals surface area contributed by atoms with Crippen molar-refractivity contribution in [3.05, 3.63) is 70.9 Å². The summed E-state index contributed by atoms with van der Waals surface area (Å²) in [4.78, 5) is 40.7. The lowest BCUT2D eigenvalue weighted by Gasteiger charge is -2.13. The van der Waals surface area contributed by atoms with Gasteiger partial charge in [-0.1, -0.05) is 18.2 Å². The van der Waals surface area contributed by atoms with E-state index in [2.05, 4.69) is 10.3 Å². The zero-order valence-electron chi connectivity index (χ0n) is 17.0. The van der Waals surface area contributed by atoms with Crippen LogP contribution in [0.15, 0.2) is 48.5 Å². The van der Waals surface area contributed by atoms with E-state index in [9.17, 15) is 14.4 Å². The Hall–Kier alpha value is -4.25. The van der Waals surface area contributed by atoms with E-state index >= 15 is 0 Å². The van der Waals surface area contributed by atoms with E-state index in [1.807, 2.05) is 24.3 Å². The number of nitriles is 1. The molecule has 1 heterocycles. The van der Waals surface area contributed by atoms with Gasteiger partial charge in [0.05, 0.1) is 35.5 Å². The number of aromatic nitrogens is 1. The molecule has 1 N–H and O–H groups in total. The van der Waals surface area contributed by atoms with Crippen LogP contribution in [0, 0.1) is 18.3 Å². The minimum absolute atomic E-state index is 0.213. The average molecular weight is 417 g/mol. The van der Waals surface area contributed by atoms with E-state index in [-0.39, 0.29) is 24.2 Å². The number of hydrogen-bond donors (Lipinski definition) is 1. The quantitative estimate of drug-likeness (QED) is 0.609. The fourth-order valence-corrected chi connectivity index (χ4v) is 3.10. The van der Waals surface area contributed by atoms with Crippen LogP contribution in [-0.2, 0) is 20.9 Å². The number of nitrogens with zero attached hydrogens (tertiary/aromatic N) is 2. The number of carbonyl (C=O) groups is 3. The van der Waals surface area contributed by atoms with E-state index in [4.69, 9.17) is 14.7 Å². The number of aryl methyl sites for hydroxylation is 1. The molecule has 3 rings (SSSR count). The number of ether oxygens (including phenoxy) is 2. The Morgan fingerprint density at radius 3 is 2.45 bits per heavy atom. The molecule has 31 heavy (non-hydrogen) atoms. The van der Waals surface area contributed by atoms with Gasteiger partial charge >= 0.3 is 11.9 Å². The van der Waals surface area contributed by atoms with Gasteiger partial charge in [-0.25, -0.2) is 14.6 Å². The van der Waals surface area contributed by atoms with Gasteiger partial charge in [0, 0.05) is 11.1 Å². The number of anilines is 1. The molecule has 0 atom stereocenters. The largest absolute Gasteiger partial charge is 0.465 e. The SMILES string of the molecule is COC(=O)c1c(COC(=O)c2ccc(NC(=O)CC#N)cc2)nc2ccccc2c1C. The molecule has 0 saturated heterocycles. The number of para-hydroxylation sites is 1. The third-order valence-corrected chi connectivity index (χ3v) is 4.60. The highest BCUT2D eigenvalue weighted by atomic mass is 16.5. The van der Waals surface area contributed by atoms with Crippen LogP contribution >= 0.6 is 0 Å². The monoisotopic (exact) mass is 417 g/mol. The maximum absolute atomic E-state index is 12.5. The third-order valence-electron chi connectivity index (χ3n) is 4.60. The first-order valence-corrected chi connectivity index (χ1v) is 9.35. The lowest BCUT2D eigenvalue weighted by Crippen LogP contribution is -2.14. The van der Waals surface area contributed by atoms with Crippen LogP contribution in [-0.4, -0.2) is 29.9 Å². The van der Waals surface area contributed by atoms with Gasteiger partial charge in [-0.05, 0) is 42.8 Å². The summed E-state index contributed by atoms with van der Waals surface area (Å²) in [6.07, 6.45) is -0.259. The van der Waals surface area contributed by atoms with E-state index in [0.29, 0.717) is 22.5 Å². The van der Waals surface area contributed by atoms with Crippen molar-refractivity contribution >= 4 is 34.4 Å². The highest BCUT2D eigenvalue weighted by molar-refractivity contribution is 5.98. The fourth-order valence-electron chi connectivity index (χ4n) is 3.10. The van der Waals surface area contributed by atoms with Crippen LogP contribution in [0.4, 0.5) is 5.69 Å². The Balaban J connectivity index is 1.79. The maximum atomic E-state index is 12.5. The minimum atomic E-state index is -0.613. The zero-order chi connectivity index (χ0) is 22.4. The summed E-state index contributed by atoms with van der Waals surface area (Å²) in [6.45, 7) is 1.58. The number of rotatable bonds is 6. The molecule has 1 aromatic heterocycles. The summed E-state index contributed by atoms with van der Waals surface area (Å²) < 4.78 is 10.3. The summed E-state index contributed by atoms with van der Waals surface area (Å²) >= 11 is 0. The van der Waals surface area contributed by atoms with Crippen molar-refractivity contribution in [2.75, 3.05) is 12.4 Å². The second kappa shape index (κ2) is 9.50. The van der Waals surface area contributed by atoms with Crippen molar-refractivity contribution in [3.63, 3.8) is 0 Å². The second-order valence-electron chi connectivity index (χ2n) is 6.60. The topological polar surface area (TPSA) is 118 Å². The molecular formula is C23H19N3O5. The van der Waals surface area contributed by atoms with Crippen LogP contribution in [0.25, 0.3) is 10.9 Å². The van der Waals surface area contributed by atoms with Crippen LogP contribution in [0.2, 0.25) is 0 Å². The van der Waals surface area contributed by atoms with Gasteiger partial charge in [0.1, 0.15) is 13.0 Å². The van der Waals surface area contributed by atoms with E-state index in [1.54, 1.807) is 13.0 Å². The molecule has 2 aromatic carbocycles. The van der Waals surface area contributed by atoms with Crippen LogP contribution in [0.5, 0.6) is 0 Å². The highest BCUT2D eigenvalue weighted by Gasteiger charge is 2.20. The number of benzene rings is 2. The summed E-state index contributed by atoms with van der Waals surface area (Å²) in [6, 6.07) is 15.2. The molecule has 3 aromatic rings. The number of fused-ring (bicyclic) bond motifs is 1. The van der Waals surface area contributed by atoms with E-state index in [1.165, 1.54) is 31.4 Å². The molecule has 1 amide bonds. The molecule has 0 radical (unpaired) electrons. The molecular weight excluding hydrogens is 398 g/mol. The fraction of sp³-hybridized carbons (Fsp3) is 0.174. The number of amides is 1. The summed E-state index contributed by atoms with van der Waals surface area (Å²) in [5.74, 6) is -1.61. The number of hydrogen-bond acceptors (Lipinski definition) is 7. The lowest BCUT2D eigenvalue weighted by molar-refractivity contribution is -0.115. The molecule has 0 fully saturated rings. The molecule has 0 bridgehead atoms. The van der Waals surface area contributed by atoms with Gasteiger partial charge in [-0.2, -0.15) is 5.26 Å². The van der Waals surface area contributed by atoms with Crippen molar-refractivity contribution in [2.24, 2.45) is 0 Å². The molecule has 8 nitrogen and oxygen atoms in total. The summed E-state index contributed by atoms with van der Waals surface area (Å²) in [7, 11) is 1.28. The smallest absolute Gasteiger partial charge is 0.340 e. The molecule has 8 heteroatoms. The molecule has 0 aliphatic rings. The number of methoxy groups -OCH3 is 1. The Bertz CT molecular complexity index is 1200. The maximum Gasteiger partial charge on any atom is 0.340 e. The standard InChI is InChI=1S/C23H19N3O5/c1-14-17-5-3-4-6-18(17)26-19(21(14)23(29)30-2)13-31-22(28)15-7-9-16(10-8-15)25-20(27)11-12-24/h3-10H,11,13H2,1-2H3,(H,25,27). The van der Waals surface area contributed by atoms with Crippen LogP contribution in [0.1, 0.15) is 38.4 Å². The molecule has 0 saturated carbocycles. The molecule has 0 aliphatic carbocycles. The predicted octanol–water partition coefficient (Wildman–Crippen LogP) is 3.54. The summed E-state index contributed by atoms with van der Waals surface area (Å²) in [5.41, 5.74) is 2.66. The Kier molecular flexibility index (Phi) is 6.58. The average Bonchev–Trinajstić information content (AvgIpc) is 2.77. The normalized spacial score (nSPS) is 10.2. The molecule has 156 valence electrons. The Morgan fingerprint density at radius 1 is 1.06 bits per heavy atom. The number of pyridine rings is 1. The predicted molar refractivity (Wildman–Crippen MR) is 112 cm³/mol. The van der Waals surface area contributed by atoms with Gasteiger partial charge in [-0.3, -0.25) is 4.79 Å². The van der Waals surface area contributed by atoms with Crippen molar-refractivity contribution in [3.8, 4) is 6.07 Å². The Morgan fingerprint density at radius 2 is 1.77 bits per heavy atom. The van der Waals surface area contributed by atoms with Gasteiger partial charge in [0.25, 0.3) is 0 Å². The number of nitrogens with one attached hydrogen (secondary N) is 1. The first-order chi connectivity index (χ1) is 14.9. The Labute approximate surface area is 178 Å². The third kappa shape index (κ3) is 4.85. The van der Waals surface area contributed by atoms with Crippen molar-refractivity contribution in [2.45, 2.75) is 20.0 Å². The van der Waals surface area contributed by atoms with Gasteiger partial charge in [0.2, 0.25) is 5.91 Å². The van der Waals surface area contributed by atoms with Gasteiger partial charge in [0.15, 0.2) is 0 Å². The molecule has 0 spiro atoms. The number of esters is 2. The summed E-state index contributed by atoms with van der Waals surface area (Å²) in [5, 5.41) is 11.9. The highest BCUT2D eigenvalue weighted by Crippen LogP contribution is 2.24. The number of carbonyl (C=O) groups excluding carboxylic acids is 3. The van der Waals surface area contributed by atoms with Gasteiger partial charge in [-0.15, -0.1) is 0 Å². The first kappa shape index (κ1) is 21.5. The minimum Gasteiger partial charge on any atom is -0.465 e. The molecule has 0 unspecified atom stereocenters. The van der Waals surface area contributed by atoms with Crippen LogP contribution in [0.3, 0.4) is 0 Å². The first-order valence-electron chi connectivity index (χ1n) is 9.35. The van der Waals surface area contributed by atoms with Crippen molar-refractivity contribution < 1.29 is 23.9 Å². The van der Waals surface area contributed by atoms with E-state index in [0.717, 1.165) is 5.39 Å².